The number of fused-ring (bicyclic) bond motifs is 1. The number of hydrogen-bond donors (Lipinski definition) is 1. The highest BCUT2D eigenvalue weighted by Gasteiger charge is 2.40. The average Bonchev–Trinajstić information content (AvgIpc) is 2.57. The first kappa shape index (κ1) is 10.0. The molecule has 1 unspecified atom stereocenters. The summed E-state index contributed by atoms with van der Waals surface area (Å²) in [6.07, 6.45) is 0.696. The van der Waals surface area contributed by atoms with Gasteiger partial charge >= 0.3 is 5.97 Å². The molecule has 1 heterocycles. The number of ether oxygens (including phenoxy) is 1. The molecule has 1 N–H and O–H groups in total. The lowest BCUT2D eigenvalue weighted by Gasteiger charge is -2.21. The normalized spacial score (nSPS) is 23.1. The van der Waals surface area contributed by atoms with Crippen molar-refractivity contribution in [1.82, 2.24) is 0 Å². The van der Waals surface area contributed by atoms with E-state index < -0.39 is 5.54 Å². The number of nitrogens with one attached hydrogen (secondary N) is 1. The Labute approximate surface area is 89.4 Å². The van der Waals surface area contributed by atoms with E-state index in [4.69, 9.17) is 4.74 Å². The van der Waals surface area contributed by atoms with Gasteiger partial charge in [-0.05, 0) is 31.0 Å². The highest BCUT2D eigenvalue weighted by molar-refractivity contribution is 5.87. The molecule has 1 aromatic rings. The fraction of sp³-hybridized carbons (Fsp3) is 0.417. The standard InChI is InChI=1S/C12H15NO2/c1-8-5-4-6-10-9(8)7-12(2,13-10)11(14)15-3/h4-6,13H,7H2,1-3H3. The van der Waals surface area contributed by atoms with Crippen molar-refractivity contribution in [2.24, 2.45) is 0 Å². The Morgan fingerprint density at radius 1 is 1.53 bits per heavy atom. The average molecular weight is 205 g/mol. The molecule has 1 aromatic carbocycles. The third-order valence-electron chi connectivity index (χ3n) is 2.99. The summed E-state index contributed by atoms with van der Waals surface area (Å²) >= 11 is 0. The van der Waals surface area contributed by atoms with Gasteiger partial charge in [0.15, 0.2) is 0 Å². The zero-order chi connectivity index (χ0) is 11.1. The first-order chi connectivity index (χ1) is 7.07. The van der Waals surface area contributed by atoms with Crippen LogP contribution in [-0.2, 0) is 16.0 Å². The molecule has 0 aliphatic carbocycles. The van der Waals surface area contributed by atoms with E-state index in [-0.39, 0.29) is 5.97 Å². The number of anilines is 1. The number of carbonyl (C=O) groups is 1. The van der Waals surface area contributed by atoms with Crippen LogP contribution < -0.4 is 5.32 Å². The number of hydrogen-bond acceptors (Lipinski definition) is 3. The second kappa shape index (κ2) is 3.26. The summed E-state index contributed by atoms with van der Waals surface area (Å²) in [7, 11) is 1.42. The fourth-order valence-electron chi connectivity index (χ4n) is 2.10. The number of esters is 1. The summed E-state index contributed by atoms with van der Waals surface area (Å²) in [4.78, 5) is 11.6. The van der Waals surface area contributed by atoms with Crippen LogP contribution in [0.2, 0.25) is 0 Å². The van der Waals surface area contributed by atoms with Gasteiger partial charge in [0.1, 0.15) is 5.54 Å². The van der Waals surface area contributed by atoms with Gasteiger partial charge in [-0.1, -0.05) is 12.1 Å². The van der Waals surface area contributed by atoms with Crippen molar-refractivity contribution in [3.05, 3.63) is 29.3 Å². The molecule has 1 aliphatic heterocycles. The minimum absolute atomic E-state index is 0.210. The smallest absolute Gasteiger partial charge is 0.331 e. The van der Waals surface area contributed by atoms with Gasteiger partial charge in [-0.3, -0.25) is 0 Å². The largest absolute Gasteiger partial charge is 0.467 e. The predicted molar refractivity (Wildman–Crippen MR) is 58.9 cm³/mol. The van der Waals surface area contributed by atoms with E-state index in [2.05, 4.69) is 18.3 Å². The van der Waals surface area contributed by atoms with Crippen molar-refractivity contribution in [1.29, 1.82) is 0 Å². The van der Waals surface area contributed by atoms with E-state index in [9.17, 15) is 4.79 Å². The summed E-state index contributed by atoms with van der Waals surface area (Å²) in [5.74, 6) is -0.210. The molecule has 0 spiro atoms. The van der Waals surface area contributed by atoms with Gasteiger partial charge in [0, 0.05) is 12.1 Å². The summed E-state index contributed by atoms with van der Waals surface area (Å²) < 4.78 is 4.81. The molecule has 2 rings (SSSR count). The van der Waals surface area contributed by atoms with E-state index in [0.717, 1.165) is 5.69 Å². The lowest BCUT2D eigenvalue weighted by Crippen LogP contribution is -2.42. The highest BCUT2D eigenvalue weighted by Crippen LogP contribution is 2.34. The maximum atomic E-state index is 11.6. The number of rotatable bonds is 1. The Kier molecular flexibility index (Phi) is 2.18. The van der Waals surface area contributed by atoms with Gasteiger partial charge in [-0.15, -0.1) is 0 Å². The van der Waals surface area contributed by atoms with Crippen LogP contribution >= 0.6 is 0 Å². The van der Waals surface area contributed by atoms with Crippen LogP contribution in [-0.4, -0.2) is 18.6 Å². The first-order valence-corrected chi connectivity index (χ1v) is 5.02. The van der Waals surface area contributed by atoms with Crippen molar-refractivity contribution in [3.8, 4) is 0 Å². The van der Waals surface area contributed by atoms with E-state index in [1.807, 2.05) is 19.1 Å². The zero-order valence-corrected chi connectivity index (χ0v) is 9.26. The minimum atomic E-state index is -0.608. The van der Waals surface area contributed by atoms with Crippen LogP contribution in [0.15, 0.2) is 18.2 Å². The lowest BCUT2D eigenvalue weighted by atomic mass is 9.95. The molecule has 80 valence electrons. The van der Waals surface area contributed by atoms with Crippen LogP contribution in [0.5, 0.6) is 0 Å². The molecular formula is C12H15NO2. The molecule has 15 heavy (non-hydrogen) atoms. The highest BCUT2D eigenvalue weighted by atomic mass is 16.5. The van der Waals surface area contributed by atoms with Gasteiger partial charge in [-0.2, -0.15) is 0 Å². The van der Waals surface area contributed by atoms with Gasteiger partial charge < -0.3 is 10.1 Å². The van der Waals surface area contributed by atoms with Crippen molar-refractivity contribution < 1.29 is 9.53 Å². The molecular weight excluding hydrogens is 190 g/mol. The van der Waals surface area contributed by atoms with Crippen molar-refractivity contribution in [2.45, 2.75) is 25.8 Å². The molecule has 3 nitrogen and oxygen atoms in total. The molecule has 1 aliphatic rings. The monoisotopic (exact) mass is 205 g/mol. The Morgan fingerprint density at radius 2 is 2.27 bits per heavy atom. The van der Waals surface area contributed by atoms with Crippen molar-refractivity contribution in [2.75, 3.05) is 12.4 Å². The third kappa shape index (κ3) is 1.48. The summed E-state index contributed by atoms with van der Waals surface area (Å²) in [6.45, 7) is 3.93. The Hall–Kier alpha value is -1.51. The number of aryl methyl sites for hydroxylation is 1. The van der Waals surface area contributed by atoms with Gasteiger partial charge in [0.05, 0.1) is 7.11 Å². The number of methoxy groups -OCH3 is 1. The van der Waals surface area contributed by atoms with Gasteiger partial charge in [-0.25, -0.2) is 4.79 Å². The SMILES string of the molecule is COC(=O)C1(C)Cc2c(C)cccc2N1. The number of carbonyl (C=O) groups excluding carboxylic acids is 1. The zero-order valence-electron chi connectivity index (χ0n) is 9.26. The van der Waals surface area contributed by atoms with E-state index >= 15 is 0 Å². The van der Waals surface area contributed by atoms with E-state index in [1.54, 1.807) is 0 Å². The molecule has 3 heteroatoms. The third-order valence-corrected chi connectivity index (χ3v) is 2.99. The predicted octanol–water partition coefficient (Wildman–Crippen LogP) is 1.89. The quantitative estimate of drug-likeness (QED) is 0.711. The molecule has 0 saturated carbocycles. The summed E-state index contributed by atoms with van der Waals surface area (Å²) in [5, 5.41) is 3.23. The molecule has 0 saturated heterocycles. The maximum absolute atomic E-state index is 11.6. The minimum Gasteiger partial charge on any atom is -0.467 e. The van der Waals surface area contributed by atoms with Crippen LogP contribution in [0.25, 0.3) is 0 Å². The van der Waals surface area contributed by atoms with Crippen molar-refractivity contribution >= 4 is 11.7 Å². The van der Waals surface area contributed by atoms with Crippen LogP contribution in [0.1, 0.15) is 18.1 Å². The van der Waals surface area contributed by atoms with E-state index in [0.29, 0.717) is 6.42 Å². The molecule has 0 fully saturated rings. The van der Waals surface area contributed by atoms with Crippen LogP contribution in [0, 0.1) is 6.92 Å². The molecule has 1 atom stereocenters. The van der Waals surface area contributed by atoms with Crippen LogP contribution in [0.3, 0.4) is 0 Å². The fourth-order valence-corrected chi connectivity index (χ4v) is 2.10. The molecule has 0 amide bonds. The first-order valence-electron chi connectivity index (χ1n) is 5.02. The van der Waals surface area contributed by atoms with Crippen molar-refractivity contribution in [3.63, 3.8) is 0 Å². The topological polar surface area (TPSA) is 38.3 Å². The Bertz CT molecular complexity index is 414. The van der Waals surface area contributed by atoms with Gasteiger partial charge in [0.25, 0.3) is 0 Å². The second-order valence-corrected chi connectivity index (χ2v) is 4.23. The second-order valence-electron chi connectivity index (χ2n) is 4.23. The Morgan fingerprint density at radius 3 is 2.87 bits per heavy atom. The van der Waals surface area contributed by atoms with E-state index in [1.165, 1.54) is 18.2 Å². The summed E-state index contributed by atoms with van der Waals surface area (Å²) in [6, 6.07) is 6.05. The lowest BCUT2D eigenvalue weighted by molar-refractivity contribution is -0.145. The molecule has 0 radical (unpaired) electrons. The maximum Gasteiger partial charge on any atom is 0.331 e. The number of benzene rings is 1. The Balaban J connectivity index is 2.37. The van der Waals surface area contributed by atoms with Gasteiger partial charge in [0.2, 0.25) is 0 Å². The molecule has 0 aromatic heterocycles. The molecule has 0 bridgehead atoms. The summed E-state index contributed by atoms with van der Waals surface area (Å²) in [5.41, 5.74) is 2.87. The van der Waals surface area contributed by atoms with Crippen LogP contribution in [0.4, 0.5) is 5.69 Å².